The minimum absolute atomic E-state index is 0.0883. The smallest absolute Gasteiger partial charge is 0.245 e. The number of sulfonamides is 1. The largest absolute Gasteiger partial charge is 0.495 e. The second-order valence-electron chi connectivity index (χ2n) is 8.05. The highest BCUT2D eigenvalue weighted by atomic mass is 32.2. The minimum Gasteiger partial charge on any atom is -0.495 e. The fraction of sp³-hybridized carbons (Fsp3) is 0.231. The molecule has 0 aliphatic heterocycles. The SMILES string of the molecule is COc1ccc(NC(C)=O)cc1S(=O)(=O)N[C@@H](Cc1ccccc1)C(=O)NCc1ccccc1C. The van der Waals surface area contributed by atoms with Crippen LogP contribution in [0.15, 0.2) is 77.7 Å². The van der Waals surface area contributed by atoms with E-state index in [2.05, 4.69) is 15.4 Å². The first kappa shape index (κ1) is 25.9. The van der Waals surface area contributed by atoms with Crippen molar-refractivity contribution in [2.75, 3.05) is 12.4 Å². The van der Waals surface area contributed by atoms with Gasteiger partial charge in [-0.05, 0) is 48.2 Å². The van der Waals surface area contributed by atoms with E-state index in [9.17, 15) is 18.0 Å². The summed E-state index contributed by atoms with van der Waals surface area (Å²) in [6.07, 6.45) is 0.146. The molecule has 0 unspecified atom stereocenters. The highest BCUT2D eigenvalue weighted by molar-refractivity contribution is 7.89. The molecule has 3 rings (SSSR count). The molecule has 0 saturated heterocycles. The molecule has 0 heterocycles. The molecule has 0 aliphatic carbocycles. The molecule has 3 N–H and O–H groups in total. The van der Waals surface area contributed by atoms with Crippen molar-refractivity contribution in [3.8, 4) is 5.75 Å². The van der Waals surface area contributed by atoms with Crippen LogP contribution in [-0.2, 0) is 32.6 Å². The van der Waals surface area contributed by atoms with Crippen molar-refractivity contribution in [2.45, 2.75) is 37.8 Å². The zero-order valence-electron chi connectivity index (χ0n) is 19.9. The Bertz CT molecular complexity index is 1290. The standard InChI is InChI=1S/C26H29N3O5S/c1-18-9-7-8-12-21(18)17-27-26(31)23(15-20-10-5-4-6-11-20)29-35(32,33)25-16-22(28-19(2)30)13-14-24(25)34-3/h4-14,16,23,29H,15,17H2,1-3H3,(H,27,31)(H,28,30)/t23-/m0/s1. The molecule has 0 radical (unpaired) electrons. The van der Waals surface area contributed by atoms with Crippen LogP contribution >= 0.6 is 0 Å². The van der Waals surface area contributed by atoms with Gasteiger partial charge in [0.2, 0.25) is 21.8 Å². The van der Waals surface area contributed by atoms with Gasteiger partial charge < -0.3 is 15.4 Å². The van der Waals surface area contributed by atoms with E-state index in [4.69, 9.17) is 4.74 Å². The zero-order valence-corrected chi connectivity index (χ0v) is 20.7. The molecule has 3 aromatic carbocycles. The predicted molar refractivity (Wildman–Crippen MR) is 135 cm³/mol. The van der Waals surface area contributed by atoms with Crippen molar-refractivity contribution < 1.29 is 22.7 Å². The Morgan fingerprint density at radius 3 is 2.31 bits per heavy atom. The van der Waals surface area contributed by atoms with E-state index in [0.717, 1.165) is 16.7 Å². The number of aryl methyl sites for hydroxylation is 1. The van der Waals surface area contributed by atoms with E-state index >= 15 is 0 Å². The number of nitrogens with one attached hydrogen (secondary N) is 3. The first-order valence-electron chi connectivity index (χ1n) is 11.0. The second-order valence-corrected chi connectivity index (χ2v) is 9.74. The average Bonchev–Trinajstić information content (AvgIpc) is 2.83. The Kier molecular flexibility index (Phi) is 8.62. The number of ether oxygens (including phenoxy) is 1. The molecule has 1 atom stereocenters. The van der Waals surface area contributed by atoms with E-state index in [0.29, 0.717) is 5.69 Å². The number of amides is 2. The number of methoxy groups -OCH3 is 1. The maximum atomic E-state index is 13.4. The van der Waals surface area contributed by atoms with Crippen LogP contribution in [0.2, 0.25) is 0 Å². The van der Waals surface area contributed by atoms with Crippen LogP contribution in [0.1, 0.15) is 23.6 Å². The summed E-state index contributed by atoms with van der Waals surface area (Å²) in [5, 5.41) is 5.41. The number of carbonyl (C=O) groups excluding carboxylic acids is 2. The van der Waals surface area contributed by atoms with Gasteiger partial charge in [0.15, 0.2) is 0 Å². The highest BCUT2D eigenvalue weighted by Crippen LogP contribution is 2.27. The topological polar surface area (TPSA) is 114 Å². The Hall–Kier alpha value is -3.69. The fourth-order valence-electron chi connectivity index (χ4n) is 3.57. The normalized spacial score (nSPS) is 12.0. The molecule has 0 bridgehead atoms. The third kappa shape index (κ3) is 7.14. The molecule has 8 nitrogen and oxygen atoms in total. The number of hydrogen-bond acceptors (Lipinski definition) is 5. The third-order valence-electron chi connectivity index (χ3n) is 5.38. The molecule has 0 spiro atoms. The van der Waals surface area contributed by atoms with Crippen LogP contribution < -0.4 is 20.1 Å². The quantitative estimate of drug-likeness (QED) is 0.400. The average molecular weight is 496 g/mol. The van der Waals surface area contributed by atoms with E-state index in [1.165, 1.54) is 32.2 Å². The van der Waals surface area contributed by atoms with E-state index in [-0.39, 0.29) is 29.5 Å². The van der Waals surface area contributed by atoms with Crippen molar-refractivity contribution in [2.24, 2.45) is 0 Å². The third-order valence-corrected chi connectivity index (χ3v) is 6.88. The van der Waals surface area contributed by atoms with Crippen LogP contribution in [0.25, 0.3) is 0 Å². The Morgan fingerprint density at radius 2 is 1.66 bits per heavy atom. The molecule has 0 fully saturated rings. The summed E-state index contributed by atoms with van der Waals surface area (Å²) in [6.45, 7) is 3.53. The van der Waals surface area contributed by atoms with Crippen molar-refractivity contribution in [3.05, 3.63) is 89.5 Å². The van der Waals surface area contributed by atoms with E-state index in [1.807, 2.05) is 61.5 Å². The summed E-state index contributed by atoms with van der Waals surface area (Å²) >= 11 is 0. The summed E-state index contributed by atoms with van der Waals surface area (Å²) in [5.41, 5.74) is 3.05. The van der Waals surface area contributed by atoms with Gasteiger partial charge in [0.25, 0.3) is 0 Å². The maximum absolute atomic E-state index is 13.4. The lowest BCUT2D eigenvalue weighted by atomic mass is 10.1. The van der Waals surface area contributed by atoms with Crippen molar-refractivity contribution >= 4 is 27.5 Å². The van der Waals surface area contributed by atoms with Crippen LogP contribution in [-0.4, -0.2) is 33.4 Å². The molecular formula is C26H29N3O5S. The number of rotatable bonds is 10. The lowest BCUT2D eigenvalue weighted by molar-refractivity contribution is -0.122. The van der Waals surface area contributed by atoms with E-state index in [1.54, 1.807) is 0 Å². The second kappa shape index (κ2) is 11.6. The lowest BCUT2D eigenvalue weighted by Crippen LogP contribution is -2.47. The first-order valence-corrected chi connectivity index (χ1v) is 12.5. The van der Waals surface area contributed by atoms with Gasteiger partial charge in [0, 0.05) is 19.2 Å². The number of carbonyl (C=O) groups is 2. The van der Waals surface area contributed by atoms with Gasteiger partial charge in [-0.1, -0.05) is 54.6 Å². The minimum atomic E-state index is -4.20. The van der Waals surface area contributed by atoms with Crippen LogP contribution in [0, 0.1) is 6.92 Å². The Labute approximate surface area is 205 Å². The lowest BCUT2D eigenvalue weighted by Gasteiger charge is -2.20. The Balaban J connectivity index is 1.89. The first-order chi connectivity index (χ1) is 16.7. The van der Waals surface area contributed by atoms with Crippen molar-refractivity contribution in [1.82, 2.24) is 10.0 Å². The predicted octanol–water partition coefficient (Wildman–Crippen LogP) is 3.17. The number of benzene rings is 3. The molecular weight excluding hydrogens is 466 g/mol. The zero-order chi connectivity index (χ0) is 25.4. The summed E-state index contributed by atoms with van der Waals surface area (Å²) in [7, 11) is -2.85. The van der Waals surface area contributed by atoms with Gasteiger partial charge in [-0.2, -0.15) is 4.72 Å². The molecule has 9 heteroatoms. The van der Waals surface area contributed by atoms with Crippen LogP contribution in [0.4, 0.5) is 5.69 Å². The Morgan fingerprint density at radius 1 is 0.971 bits per heavy atom. The summed E-state index contributed by atoms with van der Waals surface area (Å²) in [4.78, 5) is 24.4. The summed E-state index contributed by atoms with van der Waals surface area (Å²) in [5.74, 6) is -0.716. The molecule has 35 heavy (non-hydrogen) atoms. The molecule has 0 saturated carbocycles. The molecule has 2 amide bonds. The molecule has 3 aromatic rings. The van der Waals surface area contributed by atoms with Gasteiger partial charge in [-0.3, -0.25) is 9.59 Å². The van der Waals surface area contributed by atoms with Crippen LogP contribution in [0.3, 0.4) is 0 Å². The van der Waals surface area contributed by atoms with Gasteiger partial charge in [-0.15, -0.1) is 0 Å². The molecule has 0 aromatic heterocycles. The van der Waals surface area contributed by atoms with Crippen molar-refractivity contribution in [3.63, 3.8) is 0 Å². The summed E-state index contributed by atoms with van der Waals surface area (Å²) < 4.78 is 34.6. The van der Waals surface area contributed by atoms with Gasteiger partial charge in [0.05, 0.1) is 7.11 Å². The summed E-state index contributed by atoms with van der Waals surface area (Å²) in [6, 6.07) is 20.0. The number of hydrogen-bond donors (Lipinski definition) is 3. The van der Waals surface area contributed by atoms with Gasteiger partial charge in [-0.25, -0.2) is 8.42 Å². The monoisotopic (exact) mass is 495 g/mol. The van der Waals surface area contributed by atoms with Gasteiger partial charge >= 0.3 is 0 Å². The fourth-order valence-corrected chi connectivity index (χ4v) is 4.96. The molecule has 0 aliphatic rings. The van der Waals surface area contributed by atoms with Crippen LogP contribution in [0.5, 0.6) is 5.75 Å². The highest BCUT2D eigenvalue weighted by Gasteiger charge is 2.28. The number of anilines is 1. The maximum Gasteiger partial charge on any atom is 0.245 e. The molecule has 184 valence electrons. The van der Waals surface area contributed by atoms with Gasteiger partial charge in [0.1, 0.15) is 16.7 Å². The van der Waals surface area contributed by atoms with E-state index < -0.39 is 22.0 Å². The van der Waals surface area contributed by atoms with Crippen molar-refractivity contribution in [1.29, 1.82) is 0 Å².